The Kier molecular flexibility index (Phi) is 10.4. The zero-order valence-corrected chi connectivity index (χ0v) is 29.2. The highest BCUT2D eigenvalue weighted by atomic mass is 16.6. The molecule has 1 saturated heterocycles. The Hall–Kier alpha value is -5.33. The molecule has 3 N–H and O–H groups in total. The number of alkyl carbamates (subject to hydrolysis) is 1. The zero-order chi connectivity index (χ0) is 36.2. The van der Waals surface area contributed by atoms with Crippen molar-refractivity contribution in [3.05, 3.63) is 77.9 Å². The third-order valence-electron chi connectivity index (χ3n) is 9.54. The minimum absolute atomic E-state index is 0.0537. The molecule has 6 rings (SSSR count). The van der Waals surface area contributed by atoms with Crippen LogP contribution in [0.1, 0.15) is 82.9 Å². The monoisotopic (exact) mass is 695 g/mol. The second kappa shape index (κ2) is 14.9. The minimum Gasteiger partial charge on any atom is -0.479 e. The number of aliphatic carboxylic acids is 1. The van der Waals surface area contributed by atoms with Gasteiger partial charge in [-0.25, -0.2) is 9.59 Å². The zero-order valence-electron chi connectivity index (χ0n) is 29.2. The molecule has 1 aromatic heterocycles. The van der Waals surface area contributed by atoms with E-state index in [1.807, 2.05) is 78.9 Å². The van der Waals surface area contributed by atoms with Crippen LogP contribution in [0.25, 0.3) is 23.5 Å². The molecule has 1 aliphatic carbocycles. The Morgan fingerprint density at radius 3 is 2.57 bits per heavy atom. The molecule has 2 fully saturated rings. The Bertz CT molecular complexity index is 1820. The number of benzene rings is 2. The molecule has 13 heteroatoms. The summed E-state index contributed by atoms with van der Waals surface area (Å²) < 4.78 is 5.48. The molecule has 2 aliphatic heterocycles. The molecule has 0 unspecified atom stereocenters. The Balaban J connectivity index is 1.29. The number of carbonyl (C=O) groups excluding carboxylic acids is 3. The van der Waals surface area contributed by atoms with E-state index in [4.69, 9.17) is 9.84 Å². The van der Waals surface area contributed by atoms with E-state index in [0.717, 1.165) is 36.0 Å². The quantitative estimate of drug-likeness (QED) is 0.237. The lowest BCUT2D eigenvalue weighted by atomic mass is 10.0. The van der Waals surface area contributed by atoms with E-state index in [1.165, 1.54) is 9.70 Å². The highest BCUT2D eigenvalue weighted by Gasteiger charge is 2.61. The van der Waals surface area contributed by atoms with Gasteiger partial charge in [-0.1, -0.05) is 91.7 Å². The number of carbonyl (C=O) groups is 4. The number of fused-ring (bicyclic) bond motifs is 2. The van der Waals surface area contributed by atoms with Gasteiger partial charge < -0.3 is 25.4 Å². The first-order valence-corrected chi connectivity index (χ1v) is 17.6. The van der Waals surface area contributed by atoms with Crippen LogP contribution in [0.4, 0.5) is 4.79 Å². The Morgan fingerprint density at radius 2 is 1.80 bits per heavy atom. The molecular weight excluding hydrogens is 650 g/mol. The molecule has 3 amide bonds. The molecule has 3 aliphatic rings. The number of tetrazole rings is 1. The van der Waals surface area contributed by atoms with Crippen molar-refractivity contribution in [2.75, 3.05) is 6.54 Å². The molecule has 268 valence electrons. The number of ether oxygens (including phenoxy) is 1. The predicted octanol–water partition coefficient (Wildman–Crippen LogP) is 5.03. The van der Waals surface area contributed by atoms with Gasteiger partial charge in [-0.2, -0.15) is 4.80 Å². The third-order valence-corrected chi connectivity index (χ3v) is 9.54. The number of aromatic nitrogens is 4. The summed E-state index contributed by atoms with van der Waals surface area (Å²) >= 11 is 0. The summed E-state index contributed by atoms with van der Waals surface area (Å²) in [6.45, 7) is 5.28. The van der Waals surface area contributed by atoms with Crippen LogP contribution in [0.3, 0.4) is 0 Å². The van der Waals surface area contributed by atoms with E-state index < -0.39 is 53.1 Å². The summed E-state index contributed by atoms with van der Waals surface area (Å²) in [5.41, 5.74) is 0.468. The van der Waals surface area contributed by atoms with Crippen molar-refractivity contribution in [2.45, 2.75) is 95.0 Å². The number of amides is 3. The number of hydrogen-bond acceptors (Lipinski definition) is 8. The lowest BCUT2D eigenvalue weighted by Crippen LogP contribution is -2.56. The van der Waals surface area contributed by atoms with Gasteiger partial charge >= 0.3 is 12.1 Å². The van der Waals surface area contributed by atoms with Gasteiger partial charge in [0.15, 0.2) is 0 Å². The first kappa shape index (κ1) is 35.5. The van der Waals surface area contributed by atoms with Crippen molar-refractivity contribution >= 4 is 36.0 Å². The fourth-order valence-electron chi connectivity index (χ4n) is 6.78. The number of rotatable bonds is 6. The lowest BCUT2D eigenvalue weighted by molar-refractivity contribution is -0.145. The molecule has 51 heavy (non-hydrogen) atoms. The van der Waals surface area contributed by atoms with Gasteiger partial charge in [0.25, 0.3) is 0 Å². The maximum Gasteiger partial charge on any atom is 0.408 e. The van der Waals surface area contributed by atoms with Crippen LogP contribution in [-0.2, 0) is 19.1 Å². The smallest absolute Gasteiger partial charge is 0.408 e. The molecular formula is C38H45N7O6. The van der Waals surface area contributed by atoms with E-state index in [2.05, 4.69) is 20.9 Å². The van der Waals surface area contributed by atoms with Crippen molar-refractivity contribution in [1.29, 1.82) is 0 Å². The van der Waals surface area contributed by atoms with Gasteiger partial charge in [0.05, 0.1) is 6.04 Å². The molecule has 0 spiro atoms. The SMILES string of the molecule is CC(C)(C)OC(=O)N[C@H]1CCCCCC=C[C@@H]2C[C@]2(C(=O)O)NC(=O)[C@@H]2C[C@@H](n3nnc(-c4ccccc4C=Cc4ccccc4)n3)CN2C1=O. The number of carboxylic acid groups (broad SMARTS) is 1. The van der Waals surface area contributed by atoms with E-state index in [1.54, 1.807) is 20.8 Å². The van der Waals surface area contributed by atoms with Crippen LogP contribution < -0.4 is 10.6 Å². The largest absolute Gasteiger partial charge is 0.479 e. The van der Waals surface area contributed by atoms with Crippen molar-refractivity contribution in [1.82, 2.24) is 35.7 Å². The summed E-state index contributed by atoms with van der Waals surface area (Å²) in [6.07, 6.45) is 10.9. The number of nitrogens with zero attached hydrogens (tertiary/aromatic N) is 5. The first-order chi connectivity index (χ1) is 24.4. The summed E-state index contributed by atoms with van der Waals surface area (Å²) in [4.78, 5) is 56.5. The molecule has 3 heterocycles. The number of allylic oxidation sites excluding steroid dienone is 1. The molecule has 13 nitrogen and oxygen atoms in total. The molecule has 3 aromatic rings. The second-order valence-corrected chi connectivity index (χ2v) is 14.5. The van der Waals surface area contributed by atoms with Crippen LogP contribution in [0.5, 0.6) is 0 Å². The molecule has 1 saturated carbocycles. The van der Waals surface area contributed by atoms with Crippen molar-refractivity contribution in [3.63, 3.8) is 0 Å². The molecule has 2 aromatic carbocycles. The van der Waals surface area contributed by atoms with Crippen LogP contribution in [0.15, 0.2) is 66.7 Å². The van der Waals surface area contributed by atoms with E-state index in [-0.39, 0.29) is 25.3 Å². The fourth-order valence-corrected chi connectivity index (χ4v) is 6.78. The van der Waals surface area contributed by atoms with Gasteiger partial charge in [-0.05, 0) is 62.8 Å². The molecule has 0 radical (unpaired) electrons. The predicted molar refractivity (Wildman–Crippen MR) is 190 cm³/mol. The molecule has 5 atom stereocenters. The van der Waals surface area contributed by atoms with Crippen molar-refractivity contribution < 1.29 is 29.0 Å². The number of carboxylic acids is 1. The van der Waals surface area contributed by atoms with Crippen molar-refractivity contribution in [3.8, 4) is 11.4 Å². The van der Waals surface area contributed by atoms with Crippen LogP contribution in [0, 0.1) is 5.92 Å². The topological polar surface area (TPSA) is 169 Å². The average Bonchev–Trinajstić information content (AvgIpc) is 3.39. The fraction of sp³-hybridized carbons (Fsp3) is 0.447. The van der Waals surface area contributed by atoms with Crippen LogP contribution in [0.2, 0.25) is 0 Å². The highest BCUT2D eigenvalue weighted by Crippen LogP contribution is 2.45. The summed E-state index contributed by atoms with van der Waals surface area (Å²) in [7, 11) is 0. The minimum atomic E-state index is -1.44. The summed E-state index contributed by atoms with van der Waals surface area (Å²) in [5, 5.41) is 29.1. The average molecular weight is 696 g/mol. The van der Waals surface area contributed by atoms with E-state index >= 15 is 0 Å². The van der Waals surface area contributed by atoms with Crippen molar-refractivity contribution in [2.24, 2.45) is 5.92 Å². The van der Waals surface area contributed by atoms with Gasteiger partial charge in [0.2, 0.25) is 17.6 Å². The normalized spacial score (nSPS) is 25.7. The first-order valence-electron chi connectivity index (χ1n) is 17.6. The Morgan fingerprint density at radius 1 is 1.04 bits per heavy atom. The number of hydrogen-bond donors (Lipinski definition) is 3. The van der Waals surface area contributed by atoms with Gasteiger partial charge in [-0.3, -0.25) is 9.59 Å². The summed E-state index contributed by atoms with van der Waals surface area (Å²) in [6, 6.07) is 15.1. The maximum atomic E-state index is 14.3. The van der Waals surface area contributed by atoms with Crippen LogP contribution >= 0.6 is 0 Å². The van der Waals surface area contributed by atoms with Gasteiger partial charge in [0.1, 0.15) is 23.2 Å². The Labute approximate surface area is 297 Å². The van der Waals surface area contributed by atoms with E-state index in [9.17, 15) is 24.3 Å². The standard InChI is InChI=1S/C38H45N7O6/c1-37(2,3)51-36(50)39-30-19-11-6-4-5-10-17-27-23-38(27,35(48)49)40-33(46)31-22-28(24-44(31)34(30)47)45-42-32(41-43-45)29-18-13-12-16-26(29)21-20-25-14-8-7-9-15-25/h7-10,12-18,20-21,27-28,30-31H,4-6,11,19,22-24H2,1-3H3,(H,39,50)(H,40,46)(H,48,49)/t27-,28-,30+,31+,38+/m1/s1. The van der Waals surface area contributed by atoms with E-state index in [0.29, 0.717) is 18.7 Å². The third kappa shape index (κ3) is 8.35. The molecule has 0 bridgehead atoms. The highest BCUT2D eigenvalue weighted by molar-refractivity contribution is 5.96. The lowest BCUT2D eigenvalue weighted by Gasteiger charge is -2.30. The van der Waals surface area contributed by atoms with Gasteiger partial charge in [0, 0.05) is 24.4 Å². The van der Waals surface area contributed by atoms with Gasteiger partial charge in [-0.15, -0.1) is 10.2 Å². The number of nitrogens with one attached hydrogen (secondary N) is 2. The maximum absolute atomic E-state index is 14.3. The second-order valence-electron chi connectivity index (χ2n) is 14.5. The summed E-state index contributed by atoms with van der Waals surface area (Å²) in [5.74, 6) is -2.11. The van der Waals surface area contributed by atoms with Crippen LogP contribution in [-0.4, -0.2) is 83.9 Å².